The van der Waals surface area contributed by atoms with E-state index in [2.05, 4.69) is 15.0 Å². The number of benzene rings is 1. The van der Waals surface area contributed by atoms with Crippen LogP contribution in [0, 0.1) is 12.3 Å². The van der Waals surface area contributed by atoms with Crippen molar-refractivity contribution < 1.29 is 9.53 Å². The molecule has 0 bridgehead atoms. The average molecular weight is 449 g/mol. The molecule has 164 valence electrons. The number of aryl methyl sites for hydroxylation is 1. The van der Waals surface area contributed by atoms with Crippen molar-refractivity contribution >= 4 is 39.9 Å². The van der Waals surface area contributed by atoms with Crippen LogP contribution in [0.1, 0.15) is 24.1 Å². The summed E-state index contributed by atoms with van der Waals surface area (Å²) in [5.41, 5.74) is 2.21. The lowest BCUT2D eigenvalue weighted by molar-refractivity contribution is -0.114. The highest BCUT2D eigenvalue weighted by Gasteiger charge is 2.37. The number of ether oxygens (including phenoxy) is 1. The molecular formula is C23H24N6O2S. The molecular weight excluding hydrogens is 424 g/mol. The fourth-order valence-corrected chi connectivity index (χ4v) is 4.84. The number of hydrogen-bond donors (Lipinski definition) is 1. The van der Waals surface area contributed by atoms with Crippen LogP contribution in [0.25, 0.3) is 6.08 Å². The van der Waals surface area contributed by atoms with E-state index in [1.54, 1.807) is 6.08 Å². The summed E-state index contributed by atoms with van der Waals surface area (Å²) in [6, 6.07) is 11.8. The number of rotatable bonds is 5. The largest absolute Gasteiger partial charge is 0.492 e. The highest BCUT2D eigenvalue weighted by molar-refractivity contribution is 8.26. The van der Waals surface area contributed by atoms with Gasteiger partial charge in [0.15, 0.2) is 11.0 Å². The van der Waals surface area contributed by atoms with Crippen molar-refractivity contribution in [1.82, 2.24) is 14.5 Å². The number of nitrogens with one attached hydrogen (secondary N) is 1. The Kier molecular flexibility index (Phi) is 5.57. The van der Waals surface area contributed by atoms with Crippen LogP contribution < -0.4 is 4.74 Å². The van der Waals surface area contributed by atoms with Crippen molar-refractivity contribution in [2.24, 2.45) is 10.1 Å². The molecule has 1 fully saturated rings. The molecule has 1 amide bonds. The number of aromatic nitrogens is 1. The van der Waals surface area contributed by atoms with Gasteiger partial charge in [-0.2, -0.15) is 10.0 Å². The third kappa shape index (κ3) is 4.08. The highest BCUT2D eigenvalue weighted by Crippen LogP contribution is 2.30. The maximum Gasteiger partial charge on any atom is 0.283 e. The molecule has 3 aliphatic rings. The Bertz CT molecular complexity index is 1160. The van der Waals surface area contributed by atoms with Crippen molar-refractivity contribution in [3.05, 3.63) is 59.4 Å². The number of carbonyl (C=O) groups is 1. The minimum atomic E-state index is -0.407. The van der Waals surface area contributed by atoms with Crippen molar-refractivity contribution in [1.29, 1.82) is 5.41 Å². The van der Waals surface area contributed by atoms with E-state index in [1.165, 1.54) is 16.8 Å². The molecule has 5 rings (SSSR count). The summed E-state index contributed by atoms with van der Waals surface area (Å²) < 4.78 is 7.86. The zero-order chi connectivity index (χ0) is 22.1. The van der Waals surface area contributed by atoms with E-state index in [4.69, 9.17) is 10.1 Å². The van der Waals surface area contributed by atoms with E-state index in [0.717, 1.165) is 48.1 Å². The lowest BCUT2D eigenvalue weighted by atomic mass is 10.1. The highest BCUT2D eigenvalue weighted by atomic mass is 32.2. The van der Waals surface area contributed by atoms with Crippen LogP contribution in [-0.2, 0) is 11.3 Å². The molecule has 0 saturated carbocycles. The smallest absolute Gasteiger partial charge is 0.283 e. The minimum absolute atomic E-state index is 0.0606. The SMILES string of the molecule is Cc1cccc(OCCn2cccc2/C=C2/C(=N)N3N=C(N4CCCC4)SC3=NC2=O)c1. The first kappa shape index (κ1) is 20.6. The molecule has 1 aromatic heterocycles. The van der Waals surface area contributed by atoms with E-state index in [9.17, 15) is 4.79 Å². The maximum atomic E-state index is 12.7. The van der Waals surface area contributed by atoms with Gasteiger partial charge < -0.3 is 14.2 Å². The molecule has 1 N–H and O–H groups in total. The van der Waals surface area contributed by atoms with Crippen LogP contribution in [0.3, 0.4) is 0 Å². The second-order valence-corrected chi connectivity index (χ2v) is 8.82. The molecule has 0 radical (unpaired) electrons. The van der Waals surface area contributed by atoms with E-state index in [0.29, 0.717) is 18.3 Å². The molecule has 8 nitrogen and oxygen atoms in total. The first-order valence-electron chi connectivity index (χ1n) is 10.7. The van der Waals surface area contributed by atoms with Crippen LogP contribution in [0.2, 0.25) is 0 Å². The molecule has 0 spiro atoms. The third-order valence-electron chi connectivity index (χ3n) is 5.57. The normalized spacial score (nSPS) is 19.5. The number of amides is 1. The van der Waals surface area contributed by atoms with Gasteiger partial charge in [-0.15, -0.1) is 5.10 Å². The molecule has 1 saturated heterocycles. The summed E-state index contributed by atoms with van der Waals surface area (Å²) in [4.78, 5) is 19.1. The van der Waals surface area contributed by atoms with E-state index < -0.39 is 5.91 Å². The number of nitrogens with zero attached hydrogens (tertiary/aromatic N) is 5. The van der Waals surface area contributed by atoms with E-state index in [1.807, 2.05) is 54.1 Å². The summed E-state index contributed by atoms with van der Waals surface area (Å²) in [5, 5.41) is 15.9. The van der Waals surface area contributed by atoms with Gasteiger partial charge in [-0.05, 0) is 67.4 Å². The Morgan fingerprint density at radius 1 is 1.19 bits per heavy atom. The summed E-state index contributed by atoms with van der Waals surface area (Å²) in [6.45, 7) is 5.05. The number of hydrogen-bond acceptors (Lipinski definition) is 6. The van der Waals surface area contributed by atoms with E-state index >= 15 is 0 Å². The quantitative estimate of drug-likeness (QED) is 0.707. The van der Waals surface area contributed by atoms with Gasteiger partial charge in [-0.1, -0.05) is 12.1 Å². The van der Waals surface area contributed by atoms with Crippen molar-refractivity contribution in [2.45, 2.75) is 26.3 Å². The Morgan fingerprint density at radius 3 is 2.84 bits per heavy atom. The Morgan fingerprint density at radius 2 is 2.03 bits per heavy atom. The molecule has 0 aliphatic carbocycles. The van der Waals surface area contributed by atoms with Crippen LogP contribution in [0.4, 0.5) is 0 Å². The standard InChI is InChI=1S/C23H24N6O2S/c1-16-6-4-8-18(14-16)31-13-12-27-11-5-7-17(27)15-19-20(24)29-22(25-21(19)30)32-23(26-29)28-9-2-3-10-28/h4-8,11,14-15,24H,2-3,9-10,12-13H2,1H3/b19-15-,24-20?. The van der Waals surface area contributed by atoms with Gasteiger partial charge in [-0.3, -0.25) is 10.2 Å². The van der Waals surface area contributed by atoms with Gasteiger partial charge in [0, 0.05) is 25.0 Å². The molecule has 32 heavy (non-hydrogen) atoms. The molecule has 1 aromatic carbocycles. The van der Waals surface area contributed by atoms with Crippen LogP contribution in [0.5, 0.6) is 5.75 Å². The Hall–Kier alpha value is -3.33. The zero-order valence-electron chi connectivity index (χ0n) is 17.8. The molecule has 2 aromatic rings. The lowest BCUT2D eigenvalue weighted by Gasteiger charge is -2.20. The Balaban J connectivity index is 1.31. The number of thioether (sulfide) groups is 1. The molecule has 3 aliphatic heterocycles. The topological polar surface area (TPSA) is 86.3 Å². The number of fused-ring (bicyclic) bond motifs is 1. The number of hydrazone groups is 1. The summed E-state index contributed by atoms with van der Waals surface area (Å²) >= 11 is 1.36. The van der Waals surface area contributed by atoms with Crippen LogP contribution in [-0.4, -0.2) is 56.3 Å². The number of aliphatic imine (C=N–C) groups is 1. The number of likely N-dealkylation sites (tertiary alicyclic amines) is 1. The molecule has 9 heteroatoms. The second kappa shape index (κ2) is 8.66. The van der Waals surface area contributed by atoms with Crippen LogP contribution >= 0.6 is 11.8 Å². The van der Waals surface area contributed by atoms with Gasteiger partial charge >= 0.3 is 0 Å². The fraction of sp³-hybridized carbons (Fsp3) is 0.304. The summed E-state index contributed by atoms with van der Waals surface area (Å²) in [7, 11) is 0. The first-order valence-corrected chi connectivity index (χ1v) is 11.5. The monoisotopic (exact) mass is 448 g/mol. The van der Waals surface area contributed by atoms with E-state index in [-0.39, 0.29) is 11.4 Å². The van der Waals surface area contributed by atoms with Gasteiger partial charge in [0.05, 0.1) is 12.1 Å². The van der Waals surface area contributed by atoms with Gasteiger partial charge in [0.25, 0.3) is 5.91 Å². The van der Waals surface area contributed by atoms with Crippen LogP contribution in [0.15, 0.2) is 58.3 Å². The van der Waals surface area contributed by atoms with Gasteiger partial charge in [0.2, 0.25) is 5.17 Å². The average Bonchev–Trinajstić information content (AvgIpc) is 3.52. The predicted molar refractivity (Wildman–Crippen MR) is 127 cm³/mol. The summed E-state index contributed by atoms with van der Waals surface area (Å²) in [6.07, 6.45) is 5.93. The first-order chi connectivity index (χ1) is 15.6. The second-order valence-electron chi connectivity index (χ2n) is 7.89. The zero-order valence-corrected chi connectivity index (χ0v) is 18.6. The fourth-order valence-electron chi connectivity index (χ4n) is 3.90. The van der Waals surface area contributed by atoms with Gasteiger partial charge in [-0.25, -0.2) is 0 Å². The summed E-state index contributed by atoms with van der Waals surface area (Å²) in [5.74, 6) is 0.488. The van der Waals surface area contributed by atoms with Gasteiger partial charge in [0.1, 0.15) is 12.4 Å². The van der Waals surface area contributed by atoms with Crippen molar-refractivity contribution in [3.63, 3.8) is 0 Å². The Labute approximate surface area is 190 Å². The predicted octanol–water partition coefficient (Wildman–Crippen LogP) is 3.55. The number of carbonyl (C=O) groups excluding carboxylic acids is 1. The lowest BCUT2D eigenvalue weighted by Crippen LogP contribution is -2.35. The third-order valence-corrected chi connectivity index (χ3v) is 6.54. The minimum Gasteiger partial charge on any atom is -0.492 e. The molecule has 0 unspecified atom stereocenters. The number of amidine groups is 3. The van der Waals surface area contributed by atoms with Crippen molar-refractivity contribution in [3.8, 4) is 5.75 Å². The molecule has 4 heterocycles. The van der Waals surface area contributed by atoms with Crippen molar-refractivity contribution in [2.75, 3.05) is 19.7 Å². The molecule has 0 atom stereocenters. The maximum absolute atomic E-state index is 12.7.